The average molecular weight is 287 g/mol. The molecule has 1 aromatic carbocycles. The number of aryl methyl sites for hydroxylation is 1. The van der Waals surface area contributed by atoms with Crippen LogP contribution >= 0.6 is 11.3 Å². The summed E-state index contributed by atoms with van der Waals surface area (Å²) in [6.07, 6.45) is 0.964. The van der Waals surface area contributed by atoms with Gasteiger partial charge in [0.1, 0.15) is 0 Å². The van der Waals surface area contributed by atoms with Gasteiger partial charge in [-0.3, -0.25) is 0 Å². The normalized spacial score (nSPS) is 18.9. The number of thiazole rings is 1. The smallest absolute Gasteiger partial charge is 0.257 e. The van der Waals surface area contributed by atoms with Gasteiger partial charge in [-0.05, 0) is 31.5 Å². The summed E-state index contributed by atoms with van der Waals surface area (Å²) in [7, 11) is 0. The molecule has 1 saturated heterocycles. The lowest BCUT2D eigenvalue weighted by molar-refractivity contribution is 0.192. The number of fused-ring (bicyclic) bond motifs is 1. The van der Waals surface area contributed by atoms with Crippen molar-refractivity contribution in [1.29, 1.82) is 0 Å². The Bertz CT molecular complexity index is 759. The lowest BCUT2D eigenvalue weighted by Crippen LogP contribution is -1.99. The molecule has 0 saturated carbocycles. The van der Waals surface area contributed by atoms with E-state index in [0.29, 0.717) is 12.5 Å². The predicted molar refractivity (Wildman–Crippen MR) is 75.8 cm³/mol. The summed E-state index contributed by atoms with van der Waals surface area (Å²) in [5, 5.41) is 5.14. The summed E-state index contributed by atoms with van der Waals surface area (Å²) in [6.45, 7) is 3.47. The van der Waals surface area contributed by atoms with Crippen LogP contribution in [0.1, 0.15) is 23.2 Å². The number of aromatic nitrogens is 3. The number of rotatable bonds is 2. The predicted octanol–water partition coefficient (Wildman–Crippen LogP) is 3.16. The first kappa shape index (κ1) is 12.0. The van der Waals surface area contributed by atoms with Gasteiger partial charge >= 0.3 is 0 Å². The monoisotopic (exact) mass is 287 g/mol. The quantitative estimate of drug-likeness (QED) is 0.724. The molecule has 0 radical (unpaired) electrons. The Morgan fingerprint density at radius 3 is 3.10 bits per heavy atom. The first-order valence-corrected chi connectivity index (χ1v) is 7.40. The van der Waals surface area contributed by atoms with Crippen LogP contribution in [0.25, 0.3) is 21.7 Å². The van der Waals surface area contributed by atoms with Crippen molar-refractivity contribution in [2.24, 2.45) is 0 Å². The molecule has 2 aromatic heterocycles. The van der Waals surface area contributed by atoms with Gasteiger partial charge in [0.05, 0.1) is 21.8 Å². The van der Waals surface area contributed by atoms with E-state index in [4.69, 9.17) is 9.26 Å². The average Bonchev–Trinajstić information content (AvgIpc) is 3.17. The minimum atomic E-state index is 0.266. The van der Waals surface area contributed by atoms with Crippen LogP contribution in [0.5, 0.6) is 0 Å². The second-order valence-electron chi connectivity index (χ2n) is 4.93. The second kappa shape index (κ2) is 4.64. The van der Waals surface area contributed by atoms with Crippen LogP contribution in [-0.4, -0.2) is 28.3 Å². The molecule has 3 heterocycles. The van der Waals surface area contributed by atoms with Gasteiger partial charge in [0.2, 0.25) is 0 Å². The molecule has 5 nitrogen and oxygen atoms in total. The van der Waals surface area contributed by atoms with E-state index in [2.05, 4.69) is 21.2 Å². The Balaban J connectivity index is 1.71. The number of benzene rings is 1. The van der Waals surface area contributed by atoms with Gasteiger partial charge in [-0.2, -0.15) is 4.98 Å². The van der Waals surface area contributed by atoms with E-state index in [0.717, 1.165) is 39.6 Å². The zero-order valence-corrected chi connectivity index (χ0v) is 11.8. The highest BCUT2D eigenvalue weighted by Gasteiger charge is 2.23. The third kappa shape index (κ3) is 2.01. The molecule has 3 aromatic rings. The minimum absolute atomic E-state index is 0.266. The van der Waals surface area contributed by atoms with E-state index < -0.39 is 0 Å². The highest BCUT2D eigenvalue weighted by atomic mass is 32.1. The van der Waals surface area contributed by atoms with Gasteiger partial charge in [0.25, 0.3) is 5.89 Å². The van der Waals surface area contributed by atoms with Crippen LogP contribution < -0.4 is 0 Å². The maximum atomic E-state index is 5.39. The van der Waals surface area contributed by atoms with Crippen molar-refractivity contribution in [1.82, 2.24) is 15.1 Å². The molecule has 0 N–H and O–H groups in total. The Labute approximate surface area is 119 Å². The molecule has 0 amide bonds. The summed E-state index contributed by atoms with van der Waals surface area (Å²) < 4.78 is 11.9. The van der Waals surface area contributed by atoms with E-state index >= 15 is 0 Å². The topological polar surface area (TPSA) is 61.0 Å². The SMILES string of the molecule is Cc1nc2ccc(-c3nc([C@@H]4CCOC4)no3)cc2s1. The first-order valence-electron chi connectivity index (χ1n) is 6.58. The van der Waals surface area contributed by atoms with Gasteiger partial charge < -0.3 is 9.26 Å². The van der Waals surface area contributed by atoms with E-state index in [1.54, 1.807) is 11.3 Å². The summed E-state index contributed by atoms with van der Waals surface area (Å²) in [5.74, 6) is 1.58. The minimum Gasteiger partial charge on any atom is -0.381 e. The molecule has 20 heavy (non-hydrogen) atoms. The molecule has 4 rings (SSSR count). The lowest BCUT2D eigenvalue weighted by Gasteiger charge is -1.97. The summed E-state index contributed by atoms with van der Waals surface area (Å²) in [6, 6.07) is 6.03. The fraction of sp³-hybridized carbons (Fsp3) is 0.357. The largest absolute Gasteiger partial charge is 0.381 e. The van der Waals surface area contributed by atoms with Crippen LogP contribution in [0.15, 0.2) is 22.7 Å². The maximum absolute atomic E-state index is 5.39. The molecule has 1 aliphatic rings. The van der Waals surface area contributed by atoms with Crippen LogP contribution in [0.3, 0.4) is 0 Å². The van der Waals surface area contributed by atoms with Crippen molar-refractivity contribution < 1.29 is 9.26 Å². The van der Waals surface area contributed by atoms with Crippen molar-refractivity contribution in [2.45, 2.75) is 19.3 Å². The van der Waals surface area contributed by atoms with Crippen molar-refractivity contribution in [3.63, 3.8) is 0 Å². The van der Waals surface area contributed by atoms with Gasteiger partial charge in [-0.25, -0.2) is 4.98 Å². The molecule has 0 spiro atoms. The molecule has 0 bridgehead atoms. The molecular weight excluding hydrogens is 274 g/mol. The van der Waals surface area contributed by atoms with Gasteiger partial charge in [0.15, 0.2) is 5.82 Å². The Morgan fingerprint density at radius 1 is 1.30 bits per heavy atom. The van der Waals surface area contributed by atoms with Crippen LogP contribution in [0.4, 0.5) is 0 Å². The van der Waals surface area contributed by atoms with Crippen molar-refractivity contribution in [3.05, 3.63) is 29.0 Å². The number of hydrogen-bond donors (Lipinski definition) is 0. The van der Waals surface area contributed by atoms with Crippen molar-refractivity contribution >= 4 is 21.6 Å². The highest BCUT2D eigenvalue weighted by molar-refractivity contribution is 7.18. The van der Waals surface area contributed by atoms with Crippen molar-refractivity contribution in [3.8, 4) is 11.5 Å². The second-order valence-corrected chi connectivity index (χ2v) is 6.17. The molecular formula is C14H13N3O2S. The Morgan fingerprint density at radius 2 is 2.25 bits per heavy atom. The molecule has 6 heteroatoms. The molecule has 102 valence electrons. The fourth-order valence-corrected chi connectivity index (χ4v) is 3.30. The van der Waals surface area contributed by atoms with E-state index in [9.17, 15) is 0 Å². The molecule has 1 atom stereocenters. The number of hydrogen-bond acceptors (Lipinski definition) is 6. The van der Waals surface area contributed by atoms with Crippen LogP contribution in [-0.2, 0) is 4.74 Å². The lowest BCUT2D eigenvalue weighted by atomic mass is 10.1. The van der Waals surface area contributed by atoms with Gasteiger partial charge in [-0.1, -0.05) is 5.16 Å². The molecule has 1 fully saturated rings. The number of ether oxygens (including phenoxy) is 1. The zero-order chi connectivity index (χ0) is 13.5. The number of nitrogens with zero attached hydrogens (tertiary/aromatic N) is 3. The standard InChI is InChI=1S/C14H13N3O2S/c1-8-15-11-3-2-9(6-12(11)20-8)14-16-13(17-19-14)10-4-5-18-7-10/h2-3,6,10H,4-5,7H2,1H3/t10-/m1/s1. The van der Waals surface area contributed by atoms with Crippen LogP contribution in [0.2, 0.25) is 0 Å². The zero-order valence-electron chi connectivity index (χ0n) is 11.0. The van der Waals surface area contributed by atoms with Gasteiger partial charge in [0, 0.05) is 18.1 Å². The van der Waals surface area contributed by atoms with Crippen LogP contribution in [0, 0.1) is 6.92 Å². The maximum Gasteiger partial charge on any atom is 0.257 e. The van der Waals surface area contributed by atoms with E-state index in [1.165, 1.54) is 0 Å². The third-order valence-corrected chi connectivity index (χ3v) is 4.41. The first-order chi connectivity index (χ1) is 9.79. The Hall–Kier alpha value is -1.79. The molecule has 1 aliphatic heterocycles. The van der Waals surface area contributed by atoms with E-state index in [1.807, 2.05) is 19.1 Å². The fourth-order valence-electron chi connectivity index (χ4n) is 2.43. The summed E-state index contributed by atoms with van der Waals surface area (Å²) in [4.78, 5) is 8.95. The summed E-state index contributed by atoms with van der Waals surface area (Å²) in [5.41, 5.74) is 1.96. The highest BCUT2D eigenvalue weighted by Crippen LogP contribution is 2.29. The van der Waals surface area contributed by atoms with E-state index in [-0.39, 0.29) is 5.92 Å². The van der Waals surface area contributed by atoms with Crippen molar-refractivity contribution in [2.75, 3.05) is 13.2 Å². The summed E-state index contributed by atoms with van der Waals surface area (Å²) >= 11 is 1.67. The molecule has 0 unspecified atom stereocenters. The molecule has 0 aliphatic carbocycles. The Kier molecular flexibility index (Phi) is 2.78. The van der Waals surface area contributed by atoms with Gasteiger partial charge in [-0.15, -0.1) is 11.3 Å². The third-order valence-electron chi connectivity index (χ3n) is 3.48.